The van der Waals surface area contributed by atoms with Gasteiger partial charge in [-0.25, -0.2) is 0 Å². The third-order valence-corrected chi connectivity index (χ3v) is 5.01. The van der Waals surface area contributed by atoms with Crippen LogP contribution in [0.5, 0.6) is 0 Å². The van der Waals surface area contributed by atoms with Crippen LogP contribution < -0.4 is 0 Å². The Morgan fingerprint density at radius 3 is 2.50 bits per heavy atom. The molecule has 0 spiro atoms. The maximum absolute atomic E-state index is 12.7. The van der Waals surface area contributed by atoms with Crippen molar-refractivity contribution in [3.05, 3.63) is 83.1 Å². The van der Waals surface area contributed by atoms with Crippen molar-refractivity contribution in [1.82, 2.24) is 4.57 Å². The predicted molar refractivity (Wildman–Crippen MR) is 106 cm³/mol. The standard InChI is InChI=1S/C23H25NO4/c1-4-20(18-9-6-5-7-10-18)23(26)28-15-22(25)21-13-16(2)24(17(21)3)14-19-11-8-12-27-19/h5-13,20H,4,14-15H2,1-3H3/t20-/m1/s1. The lowest BCUT2D eigenvalue weighted by Crippen LogP contribution is -2.20. The number of ether oxygens (including phenoxy) is 1. The first-order valence-electron chi connectivity index (χ1n) is 9.45. The van der Waals surface area contributed by atoms with E-state index in [1.54, 1.807) is 6.26 Å². The molecule has 2 heterocycles. The van der Waals surface area contributed by atoms with E-state index in [0.29, 0.717) is 18.5 Å². The van der Waals surface area contributed by atoms with E-state index in [-0.39, 0.29) is 24.3 Å². The monoisotopic (exact) mass is 379 g/mol. The number of hydrogen-bond acceptors (Lipinski definition) is 4. The fourth-order valence-corrected chi connectivity index (χ4v) is 3.42. The number of nitrogens with zero attached hydrogens (tertiary/aromatic N) is 1. The summed E-state index contributed by atoms with van der Waals surface area (Å²) in [5, 5.41) is 0. The van der Waals surface area contributed by atoms with E-state index in [1.807, 2.05) is 73.9 Å². The van der Waals surface area contributed by atoms with Gasteiger partial charge in [-0.05, 0) is 44.0 Å². The summed E-state index contributed by atoms with van der Waals surface area (Å²) in [6, 6.07) is 15.1. The van der Waals surface area contributed by atoms with E-state index in [9.17, 15) is 9.59 Å². The molecule has 0 unspecified atom stereocenters. The number of ketones is 1. The van der Waals surface area contributed by atoms with Gasteiger partial charge in [0.05, 0.1) is 18.7 Å². The molecule has 5 heteroatoms. The molecule has 28 heavy (non-hydrogen) atoms. The second-order valence-corrected chi connectivity index (χ2v) is 6.85. The largest absolute Gasteiger partial charge is 0.467 e. The Kier molecular flexibility index (Phi) is 6.14. The van der Waals surface area contributed by atoms with Crippen molar-refractivity contribution in [2.75, 3.05) is 6.61 Å². The number of aryl methyl sites for hydroxylation is 1. The Morgan fingerprint density at radius 2 is 1.86 bits per heavy atom. The van der Waals surface area contributed by atoms with Crippen molar-refractivity contribution in [2.24, 2.45) is 0 Å². The first kappa shape index (κ1) is 19.7. The van der Waals surface area contributed by atoms with Crippen LogP contribution in [-0.2, 0) is 16.1 Å². The van der Waals surface area contributed by atoms with Gasteiger partial charge in [-0.15, -0.1) is 0 Å². The van der Waals surface area contributed by atoms with Crippen LogP contribution in [0.4, 0.5) is 0 Å². The molecule has 0 saturated carbocycles. The van der Waals surface area contributed by atoms with Gasteiger partial charge in [-0.3, -0.25) is 9.59 Å². The molecule has 0 bridgehead atoms. The summed E-state index contributed by atoms with van der Waals surface area (Å²) in [5.74, 6) is -0.109. The average molecular weight is 379 g/mol. The van der Waals surface area contributed by atoms with Crippen molar-refractivity contribution in [3.8, 4) is 0 Å². The molecule has 2 aromatic heterocycles. The second kappa shape index (κ2) is 8.74. The van der Waals surface area contributed by atoms with Crippen LogP contribution in [0, 0.1) is 13.8 Å². The third-order valence-electron chi connectivity index (χ3n) is 5.01. The topological polar surface area (TPSA) is 61.4 Å². The molecule has 5 nitrogen and oxygen atoms in total. The zero-order chi connectivity index (χ0) is 20.1. The number of benzene rings is 1. The van der Waals surface area contributed by atoms with Crippen LogP contribution in [0.15, 0.2) is 59.2 Å². The Hall–Kier alpha value is -3.08. The lowest BCUT2D eigenvalue weighted by molar-refractivity contribution is -0.144. The van der Waals surface area contributed by atoms with E-state index in [1.165, 1.54) is 0 Å². The van der Waals surface area contributed by atoms with Crippen LogP contribution in [0.2, 0.25) is 0 Å². The summed E-state index contributed by atoms with van der Waals surface area (Å²) in [4.78, 5) is 25.2. The van der Waals surface area contributed by atoms with Gasteiger partial charge in [0.15, 0.2) is 6.61 Å². The van der Waals surface area contributed by atoms with Gasteiger partial charge in [-0.1, -0.05) is 37.3 Å². The molecule has 146 valence electrons. The average Bonchev–Trinajstić information content (AvgIpc) is 3.31. The smallest absolute Gasteiger partial charge is 0.313 e. The summed E-state index contributed by atoms with van der Waals surface area (Å²) in [5.41, 5.74) is 3.27. The number of carbonyl (C=O) groups excluding carboxylic acids is 2. The molecule has 3 aromatic rings. The van der Waals surface area contributed by atoms with Crippen molar-refractivity contribution in [1.29, 1.82) is 0 Å². The van der Waals surface area contributed by atoms with E-state index < -0.39 is 0 Å². The summed E-state index contributed by atoms with van der Waals surface area (Å²) < 4.78 is 12.8. The number of esters is 1. The minimum Gasteiger partial charge on any atom is -0.467 e. The van der Waals surface area contributed by atoms with Crippen LogP contribution >= 0.6 is 0 Å². The zero-order valence-electron chi connectivity index (χ0n) is 16.5. The predicted octanol–water partition coefficient (Wildman–Crippen LogP) is 4.67. The molecular formula is C23H25NO4. The molecule has 1 atom stereocenters. The molecular weight excluding hydrogens is 354 g/mol. The maximum Gasteiger partial charge on any atom is 0.313 e. The highest BCUT2D eigenvalue weighted by atomic mass is 16.5. The number of carbonyl (C=O) groups is 2. The maximum atomic E-state index is 12.7. The fraction of sp³-hybridized carbons (Fsp3) is 0.304. The van der Waals surface area contributed by atoms with Crippen LogP contribution in [0.1, 0.15) is 52.3 Å². The SMILES string of the molecule is CC[C@@H](C(=O)OCC(=O)c1cc(C)n(Cc2ccco2)c1C)c1ccccc1. The first-order chi connectivity index (χ1) is 13.5. The van der Waals surface area contributed by atoms with E-state index in [4.69, 9.17) is 9.15 Å². The van der Waals surface area contributed by atoms with Crippen molar-refractivity contribution < 1.29 is 18.7 Å². The van der Waals surface area contributed by atoms with Gasteiger partial charge in [-0.2, -0.15) is 0 Å². The number of Topliss-reactive ketones (excluding diaryl/α,β-unsaturated/α-hetero) is 1. The summed E-state index contributed by atoms with van der Waals surface area (Å²) in [7, 11) is 0. The Labute approximate surface area is 164 Å². The fourth-order valence-electron chi connectivity index (χ4n) is 3.42. The zero-order valence-corrected chi connectivity index (χ0v) is 16.5. The van der Waals surface area contributed by atoms with E-state index in [2.05, 4.69) is 0 Å². The van der Waals surface area contributed by atoms with Gasteiger partial charge in [0.25, 0.3) is 0 Å². The number of aromatic nitrogens is 1. The number of rotatable bonds is 8. The van der Waals surface area contributed by atoms with Gasteiger partial charge in [0.1, 0.15) is 5.76 Å². The van der Waals surface area contributed by atoms with Crippen molar-refractivity contribution in [2.45, 2.75) is 39.7 Å². The highest BCUT2D eigenvalue weighted by molar-refractivity contribution is 5.99. The van der Waals surface area contributed by atoms with E-state index in [0.717, 1.165) is 22.7 Å². The molecule has 0 N–H and O–H groups in total. The van der Waals surface area contributed by atoms with E-state index >= 15 is 0 Å². The second-order valence-electron chi connectivity index (χ2n) is 6.85. The molecule has 3 rings (SSSR count). The Bertz CT molecular complexity index is 939. The third kappa shape index (κ3) is 4.25. The minimum atomic E-state index is -0.369. The highest BCUT2D eigenvalue weighted by Crippen LogP contribution is 2.22. The van der Waals surface area contributed by atoms with Crippen molar-refractivity contribution >= 4 is 11.8 Å². The number of furan rings is 1. The number of hydrogen-bond donors (Lipinski definition) is 0. The lowest BCUT2D eigenvalue weighted by Gasteiger charge is -2.14. The van der Waals surface area contributed by atoms with Gasteiger partial charge in [0, 0.05) is 17.0 Å². The molecule has 0 aliphatic carbocycles. The molecule has 0 radical (unpaired) electrons. The van der Waals surface area contributed by atoms with Crippen LogP contribution in [-0.4, -0.2) is 22.9 Å². The molecule has 0 fully saturated rings. The highest BCUT2D eigenvalue weighted by Gasteiger charge is 2.23. The van der Waals surface area contributed by atoms with Crippen LogP contribution in [0.25, 0.3) is 0 Å². The minimum absolute atomic E-state index is 0.199. The quantitative estimate of drug-likeness (QED) is 0.422. The normalized spacial score (nSPS) is 12.0. The van der Waals surface area contributed by atoms with Gasteiger partial charge < -0.3 is 13.7 Å². The summed E-state index contributed by atoms with van der Waals surface area (Å²) in [6.07, 6.45) is 2.25. The molecule has 0 amide bonds. The summed E-state index contributed by atoms with van der Waals surface area (Å²) >= 11 is 0. The van der Waals surface area contributed by atoms with Crippen LogP contribution in [0.3, 0.4) is 0 Å². The Morgan fingerprint density at radius 1 is 1.11 bits per heavy atom. The Balaban J connectivity index is 1.67. The van der Waals surface area contributed by atoms with Gasteiger partial charge >= 0.3 is 5.97 Å². The molecule has 1 aromatic carbocycles. The summed E-state index contributed by atoms with van der Waals surface area (Å²) in [6.45, 7) is 6.07. The van der Waals surface area contributed by atoms with Gasteiger partial charge in [0.2, 0.25) is 5.78 Å². The molecule has 0 saturated heterocycles. The lowest BCUT2D eigenvalue weighted by atomic mass is 9.97. The molecule has 0 aliphatic rings. The first-order valence-corrected chi connectivity index (χ1v) is 9.45. The van der Waals surface area contributed by atoms with Crippen molar-refractivity contribution in [3.63, 3.8) is 0 Å². The molecule has 0 aliphatic heterocycles.